The lowest BCUT2D eigenvalue weighted by atomic mass is 10.1. The van der Waals surface area contributed by atoms with Gasteiger partial charge in [0, 0.05) is 36.0 Å². The Kier molecular flexibility index (Phi) is 5.43. The number of imide groups is 1. The highest BCUT2D eigenvalue weighted by Gasteiger charge is 2.25. The van der Waals surface area contributed by atoms with Crippen LogP contribution in [0, 0.1) is 0 Å². The van der Waals surface area contributed by atoms with E-state index >= 15 is 0 Å². The molecule has 0 bridgehead atoms. The fourth-order valence-electron chi connectivity index (χ4n) is 2.89. The predicted molar refractivity (Wildman–Crippen MR) is 111 cm³/mol. The molecule has 2 amide bonds. The summed E-state index contributed by atoms with van der Waals surface area (Å²) in [6, 6.07) is 7.86. The van der Waals surface area contributed by atoms with Gasteiger partial charge < -0.3 is 9.52 Å². The van der Waals surface area contributed by atoms with E-state index in [4.69, 9.17) is 9.52 Å². The molecule has 3 aromatic rings. The van der Waals surface area contributed by atoms with Crippen LogP contribution >= 0.6 is 11.8 Å². The number of hydrogen-bond acceptors (Lipinski definition) is 8. The molecule has 0 atom stereocenters. The second-order valence-corrected chi connectivity index (χ2v) is 9.03. The lowest BCUT2D eigenvalue weighted by Gasteiger charge is -2.07. The summed E-state index contributed by atoms with van der Waals surface area (Å²) in [5, 5.41) is 11.2. The number of fused-ring (bicyclic) bond motifs is 1. The number of benzene rings is 1. The summed E-state index contributed by atoms with van der Waals surface area (Å²) < 4.78 is 32.5. The van der Waals surface area contributed by atoms with Crippen LogP contribution in [0.15, 0.2) is 56.9 Å². The van der Waals surface area contributed by atoms with E-state index in [1.165, 1.54) is 18.2 Å². The van der Waals surface area contributed by atoms with Crippen LogP contribution in [0.25, 0.3) is 28.2 Å². The van der Waals surface area contributed by atoms with Gasteiger partial charge in [0.05, 0.1) is 16.4 Å². The number of amides is 2. The number of nitrogens with one attached hydrogen (secondary N) is 2. The van der Waals surface area contributed by atoms with Gasteiger partial charge in [-0.25, -0.2) is 13.1 Å². The number of thioether (sulfide) groups is 1. The smallest absolute Gasteiger partial charge is 0.290 e. The van der Waals surface area contributed by atoms with Gasteiger partial charge >= 0.3 is 0 Å². The van der Waals surface area contributed by atoms with E-state index in [0.717, 1.165) is 11.8 Å². The molecular formula is C19H15N3O6S2. The van der Waals surface area contributed by atoms with E-state index in [2.05, 4.69) is 15.0 Å². The van der Waals surface area contributed by atoms with E-state index in [1.807, 2.05) is 0 Å². The lowest BCUT2D eigenvalue weighted by molar-refractivity contribution is -0.115. The van der Waals surface area contributed by atoms with Gasteiger partial charge in [0.25, 0.3) is 11.1 Å². The molecule has 2 aromatic heterocycles. The Morgan fingerprint density at radius 1 is 1.20 bits per heavy atom. The summed E-state index contributed by atoms with van der Waals surface area (Å²) in [4.78, 5) is 27.5. The number of aliphatic hydroxyl groups is 1. The van der Waals surface area contributed by atoms with Crippen molar-refractivity contribution in [2.75, 3.05) is 13.2 Å². The van der Waals surface area contributed by atoms with E-state index < -0.39 is 21.2 Å². The van der Waals surface area contributed by atoms with Crippen LogP contribution in [-0.2, 0) is 14.8 Å². The Balaban J connectivity index is 1.68. The minimum absolute atomic E-state index is 0.0682. The molecule has 1 aromatic carbocycles. The number of nitrogens with zero attached hydrogens (tertiary/aromatic N) is 1. The first-order valence-corrected chi connectivity index (χ1v) is 11.0. The zero-order valence-electron chi connectivity index (χ0n) is 15.3. The van der Waals surface area contributed by atoms with Crippen LogP contribution in [0.1, 0.15) is 5.76 Å². The number of pyridine rings is 1. The molecule has 1 saturated heterocycles. The Bertz CT molecular complexity index is 1280. The van der Waals surface area contributed by atoms with Crippen LogP contribution in [0.3, 0.4) is 0 Å². The van der Waals surface area contributed by atoms with Crippen molar-refractivity contribution in [2.24, 2.45) is 0 Å². The number of aliphatic hydroxyl groups excluding tert-OH is 1. The number of hydrogen-bond donors (Lipinski definition) is 3. The number of aromatic nitrogens is 1. The molecule has 1 aliphatic rings. The summed E-state index contributed by atoms with van der Waals surface area (Å²) >= 11 is 0.796. The summed E-state index contributed by atoms with van der Waals surface area (Å²) in [6.07, 6.45) is 4.68. The van der Waals surface area contributed by atoms with E-state index in [9.17, 15) is 18.0 Å². The molecule has 154 valence electrons. The molecule has 4 rings (SSSR count). The van der Waals surface area contributed by atoms with Gasteiger partial charge in [0.15, 0.2) is 0 Å². The third kappa shape index (κ3) is 4.00. The SMILES string of the molecule is O=C1NC(=O)/C(=C/c2cc3cncc(-c4ccc(S(=O)(=O)NCCO)cc4)c3o2)S1. The molecule has 0 aliphatic carbocycles. The van der Waals surface area contributed by atoms with Gasteiger partial charge in [-0.05, 0) is 35.5 Å². The molecule has 0 spiro atoms. The second kappa shape index (κ2) is 8.03. The van der Waals surface area contributed by atoms with Gasteiger partial charge in [-0.1, -0.05) is 12.1 Å². The highest BCUT2D eigenvalue weighted by molar-refractivity contribution is 8.18. The maximum Gasteiger partial charge on any atom is 0.290 e. The van der Waals surface area contributed by atoms with E-state index in [1.54, 1.807) is 30.6 Å². The van der Waals surface area contributed by atoms with Crippen molar-refractivity contribution < 1.29 is 27.5 Å². The topological polar surface area (TPSA) is 139 Å². The Labute approximate surface area is 175 Å². The maximum atomic E-state index is 12.2. The molecule has 11 heteroatoms. The quantitative estimate of drug-likeness (QED) is 0.490. The normalized spacial score (nSPS) is 15.8. The van der Waals surface area contributed by atoms with Crippen LogP contribution in [-0.4, -0.2) is 42.8 Å². The summed E-state index contributed by atoms with van der Waals surface area (Å²) in [7, 11) is -3.71. The zero-order chi connectivity index (χ0) is 21.3. The Morgan fingerprint density at radius 3 is 2.63 bits per heavy atom. The Morgan fingerprint density at radius 2 is 1.97 bits per heavy atom. The summed E-state index contributed by atoms with van der Waals surface area (Å²) in [5.74, 6) is -0.0885. The monoisotopic (exact) mass is 445 g/mol. The Hall–Kier alpha value is -2.99. The van der Waals surface area contributed by atoms with Gasteiger partial charge in [-0.3, -0.25) is 19.9 Å². The fourth-order valence-corrected chi connectivity index (χ4v) is 4.57. The average Bonchev–Trinajstić information content (AvgIpc) is 3.28. The standard InChI is InChI=1S/C19H15N3O6S2/c23-6-5-21-30(26,27)14-3-1-11(2-4-14)15-10-20-9-12-7-13(28-17(12)15)8-16-18(24)22-19(25)29-16/h1-4,7-10,21,23H,5-6H2,(H,22,24,25)/b16-8-. The molecule has 1 fully saturated rings. The van der Waals surface area contributed by atoms with Crippen LogP contribution in [0.2, 0.25) is 0 Å². The number of sulfonamides is 1. The third-order valence-electron chi connectivity index (χ3n) is 4.24. The summed E-state index contributed by atoms with van der Waals surface area (Å²) in [6.45, 7) is -0.365. The summed E-state index contributed by atoms with van der Waals surface area (Å²) in [5.41, 5.74) is 1.84. The number of carbonyl (C=O) groups is 2. The number of furan rings is 1. The van der Waals surface area contributed by atoms with Crippen molar-refractivity contribution in [2.45, 2.75) is 4.90 Å². The molecule has 0 unspecified atom stereocenters. The predicted octanol–water partition coefficient (Wildman–Crippen LogP) is 2.09. The highest BCUT2D eigenvalue weighted by Crippen LogP contribution is 2.33. The van der Waals surface area contributed by atoms with Crippen LogP contribution < -0.4 is 10.0 Å². The van der Waals surface area contributed by atoms with Crippen molar-refractivity contribution in [1.29, 1.82) is 0 Å². The lowest BCUT2D eigenvalue weighted by Crippen LogP contribution is -2.26. The van der Waals surface area contributed by atoms with Crippen molar-refractivity contribution in [3.8, 4) is 11.1 Å². The highest BCUT2D eigenvalue weighted by atomic mass is 32.2. The van der Waals surface area contributed by atoms with Crippen molar-refractivity contribution in [3.63, 3.8) is 0 Å². The zero-order valence-corrected chi connectivity index (χ0v) is 16.9. The van der Waals surface area contributed by atoms with Crippen molar-refractivity contribution in [3.05, 3.63) is 53.4 Å². The molecule has 9 nitrogen and oxygen atoms in total. The molecule has 0 saturated carbocycles. The molecule has 3 N–H and O–H groups in total. The first-order chi connectivity index (χ1) is 14.4. The van der Waals surface area contributed by atoms with E-state index in [0.29, 0.717) is 27.9 Å². The van der Waals surface area contributed by atoms with Crippen LogP contribution in [0.4, 0.5) is 4.79 Å². The van der Waals surface area contributed by atoms with Crippen molar-refractivity contribution in [1.82, 2.24) is 15.0 Å². The number of carbonyl (C=O) groups excluding carboxylic acids is 2. The van der Waals surface area contributed by atoms with Gasteiger partial charge in [-0.2, -0.15) is 0 Å². The largest absolute Gasteiger partial charge is 0.456 e. The van der Waals surface area contributed by atoms with Crippen molar-refractivity contribution >= 4 is 50.0 Å². The van der Waals surface area contributed by atoms with Gasteiger partial charge in [0.1, 0.15) is 11.3 Å². The molecule has 3 heterocycles. The first kappa shape index (κ1) is 20.3. The van der Waals surface area contributed by atoms with E-state index in [-0.39, 0.29) is 23.0 Å². The minimum Gasteiger partial charge on any atom is -0.456 e. The fraction of sp³-hybridized carbons (Fsp3) is 0.105. The molecule has 0 radical (unpaired) electrons. The molecule has 1 aliphatic heterocycles. The second-order valence-electron chi connectivity index (χ2n) is 6.25. The van der Waals surface area contributed by atoms with Gasteiger partial charge in [-0.15, -0.1) is 0 Å². The minimum atomic E-state index is -3.71. The van der Waals surface area contributed by atoms with Crippen LogP contribution in [0.5, 0.6) is 0 Å². The van der Waals surface area contributed by atoms with Gasteiger partial charge in [0.2, 0.25) is 10.0 Å². The molecule has 30 heavy (non-hydrogen) atoms. The average molecular weight is 445 g/mol. The molecular weight excluding hydrogens is 430 g/mol. The number of rotatable bonds is 6. The first-order valence-electron chi connectivity index (χ1n) is 8.71. The third-order valence-corrected chi connectivity index (χ3v) is 6.52. The maximum absolute atomic E-state index is 12.2.